The molecular formula is C10H16FN3O. The number of ether oxygens (including phenoxy) is 1. The summed E-state index contributed by atoms with van der Waals surface area (Å²) < 4.78 is 18.6. The normalized spacial score (nSPS) is 10.4. The second-order valence-corrected chi connectivity index (χ2v) is 3.06. The maximum Gasteiger partial charge on any atom is 0.186 e. The number of rotatable bonds is 5. The fourth-order valence-electron chi connectivity index (χ4n) is 1.16. The third kappa shape index (κ3) is 3.13. The van der Waals surface area contributed by atoms with Gasteiger partial charge in [0.2, 0.25) is 0 Å². The Balaban J connectivity index is 2.90. The summed E-state index contributed by atoms with van der Waals surface area (Å²) in [7, 11) is 0. The summed E-state index contributed by atoms with van der Waals surface area (Å²) in [6, 6.07) is 0. The summed E-state index contributed by atoms with van der Waals surface area (Å²) in [4.78, 5) is 8.04. The predicted molar refractivity (Wildman–Crippen MR) is 56.2 cm³/mol. The lowest BCUT2D eigenvalue weighted by atomic mass is 10.4. The molecule has 0 atom stereocenters. The first-order valence-electron chi connectivity index (χ1n) is 5.03. The van der Waals surface area contributed by atoms with E-state index >= 15 is 0 Å². The average Bonchev–Trinajstić information content (AvgIpc) is 2.22. The topological polar surface area (TPSA) is 47.0 Å². The molecule has 0 spiro atoms. The molecule has 0 amide bonds. The molecule has 0 radical (unpaired) electrons. The Bertz CT molecular complexity index is 331. The Kier molecular flexibility index (Phi) is 4.42. The minimum absolute atomic E-state index is 0.250. The Morgan fingerprint density at radius 1 is 1.33 bits per heavy atom. The van der Waals surface area contributed by atoms with Crippen LogP contribution in [-0.2, 0) is 11.3 Å². The maximum absolute atomic E-state index is 13.5. The number of nitrogens with zero attached hydrogens (tertiary/aromatic N) is 2. The van der Waals surface area contributed by atoms with Gasteiger partial charge in [-0.25, -0.2) is 14.4 Å². The van der Waals surface area contributed by atoms with E-state index in [0.717, 1.165) is 0 Å². The van der Waals surface area contributed by atoms with Gasteiger partial charge in [0.05, 0.1) is 5.69 Å². The number of nitrogens with one attached hydrogen (secondary N) is 1. The van der Waals surface area contributed by atoms with E-state index < -0.39 is 5.82 Å². The molecule has 1 aromatic rings. The van der Waals surface area contributed by atoms with Gasteiger partial charge in [-0.3, -0.25) is 0 Å². The first-order valence-corrected chi connectivity index (χ1v) is 5.03. The largest absolute Gasteiger partial charge is 0.374 e. The standard InChI is InChI=1S/C10H16FN3O/c1-4-12-10-9(11)7(3)13-8(14-10)6-15-5-2/h4-6H2,1-3H3,(H,12,13,14). The van der Waals surface area contributed by atoms with Crippen LogP contribution in [0.1, 0.15) is 25.4 Å². The SMILES string of the molecule is CCNc1nc(COCC)nc(C)c1F. The van der Waals surface area contributed by atoms with Gasteiger partial charge in [-0.2, -0.15) is 0 Å². The van der Waals surface area contributed by atoms with Crippen LogP contribution >= 0.6 is 0 Å². The lowest BCUT2D eigenvalue weighted by Crippen LogP contribution is -2.09. The van der Waals surface area contributed by atoms with Crippen LogP contribution < -0.4 is 5.32 Å². The quantitative estimate of drug-likeness (QED) is 0.811. The van der Waals surface area contributed by atoms with Crippen molar-refractivity contribution in [2.75, 3.05) is 18.5 Å². The fraction of sp³-hybridized carbons (Fsp3) is 0.600. The van der Waals surface area contributed by atoms with Crippen LogP contribution in [0, 0.1) is 12.7 Å². The van der Waals surface area contributed by atoms with Crippen LogP contribution in [0.4, 0.5) is 10.2 Å². The minimum Gasteiger partial charge on any atom is -0.374 e. The number of aryl methyl sites for hydroxylation is 1. The molecule has 0 saturated heterocycles. The van der Waals surface area contributed by atoms with Crippen molar-refractivity contribution in [3.63, 3.8) is 0 Å². The van der Waals surface area contributed by atoms with E-state index in [9.17, 15) is 4.39 Å². The molecule has 5 heteroatoms. The van der Waals surface area contributed by atoms with Crippen molar-refractivity contribution in [3.8, 4) is 0 Å². The Morgan fingerprint density at radius 3 is 2.67 bits per heavy atom. The highest BCUT2D eigenvalue weighted by Crippen LogP contribution is 2.13. The third-order valence-electron chi connectivity index (χ3n) is 1.84. The zero-order valence-electron chi connectivity index (χ0n) is 9.30. The zero-order chi connectivity index (χ0) is 11.3. The van der Waals surface area contributed by atoms with Crippen LogP contribution in [0.15, 0.2) is 0 Å². The molecule has 84 valence electrons. The third-order valence-corrected chi connectivity index (χ3v) is 1.84. The number of hydrogen-bond acceptors (Lipinski definition) is 4. The summed E-state index contributed by atoms with van der Waals surface area (Å²) in [5, 5.41) is 2.85. The molecule has 0 aromatic carbocycles. The molecule has 0 aliphatic heterocycles. The average molecular weight is 213 g/mol. The lowest BCUT2D eigenvalue weighted by Gasteiger charge is -2.08. The molecule has 0 bridgehead atoms. The van der Waals surface area contributed by atoms with Crippen molar-refractivity contribution in [1.29, 1.82) is 0 Å². The molecular weight excluding hydrogens is 197 g/mol. The van der Waals surface area contributed by atoms with Gasteiger partial charge >= 0.3 is 0 Å². The Labute approximate surface area is 88.9 Å². The van der Waals surface area contributed by atoms with Crippen molar-refractivity contribution in [3.05, 3.63) is 17.3 Å². The summed E-state index contributed by atoms with van der Waals surface area (Å²) in [5.74, 6) is 0.364. The van der Waals surface area contributed by atoms with Crippen LogP contribution in [0.3, 0.4) is 0 Å². The van der Waals surface area contributed by atoms with Gasteiger partial charge < -0.3 is 10.1 Å². The minimum atomic E-state index is -0.392. The molecule has 4 nitrogen and oxygen atoms in total. The van der Waals surface area contributed by atoms with E-state index in [1.807, 2.05) is 13.8 Å². The zero-order valence-corrected chi connectivity index (χ0v) is 9.30. The van der Waals surface area contributed by atoms with Crippen LogP contribution in [0.25, 0.3) is 0 Å². The molecule has 1 aromatic heterocycles. The fourth-order valence-corrected chi connectivity index (χ4v) is 1.16. The van der Waals surface area contributed by atoms with Crippen molar-refractivity contribution >= 4 is 5.82 Å². The van der Waals surface area contributed by atoms with Gasteiger partial charge in [0.25, 0.3) is 0 Å². The monoisotopic (exact) mass is 213 g/mol. The predicted octanol–water partition coefficient (Wildman–Crippen LogP) is 1.89. The molecule has 0 saturated carbocycles. The first kappa shape index (κ1) is 11.8. The molecule has 1 rings (SSSR count). The van der Waals surface area contributed by atoms with E-state index in [4.69, 9.17) is 4.74 Å². The number of anilines is 1. The highest BCUT2D eigenvalue weighted by molar-refractivity contribution is 5.37. The number of hydrogen-bond donors (Lipinski definition) is 1. The van der Waals surface area contributed by atoms with Gasteiger partial charge in [-0.15, -0.1) is 0 Å². The van der Waals surface area contributed by atoms with Gasteiger partial charge in [0.15, 0.2) is 17.5 Å². The number of halogens is 1. The Hall–Kier alpha value is -1.23. The second kappa shape index (κ2) is 5.60. The second-order valence-electron chi connectivity index (χ2n) is 3.06. The highest BCUT2D eigenvalue weighted by Gasteiger charge is 2.10. The molecule has 0 unspecified atom stereocenters. The van der Waals surface area contributed by atoms with Crippen molar-refractivity contribution in [2.45, 2.75) is 27.4 Å². The highest BCUT2D eigenvalue weighted by atomic mass is 19.1. The van der Waals surface area contributed by atoms with E-state index in [1.165, 1.54) is 0 Å². The van der Waals surface area contributed by atoms with Gasteiger partial charge in [-0.05, 0) is 20.8 Å². The summed E-state index contributed by atoms with van der Waals surface area (Å²) >= 11 is 0. The van der Waals surface area contributed by atoms with Gasteiger partial charge in [0.1, 0.15) is 6.61 Å². The summed E-state index contributed by atoms with van der Waals surface area (Å²) in [5.41, 5.74) is 0.343. The van der Waals surface area contributed by atoms with Crippen molar-refractivity contribution in [2.24, 2.45) is 0 Å². The molecule has 0 fully saturated rings. The Morgan fingerprint density at radius 2 is 2.07 bits per heavy atom. The maximum atomic E-state index is 13.5. The molecule has 15 heavy (non-hydrogen) atoms. The molecule has 1 heterocycles. The van der Waals surface area contributed by atoms with Crippen molar-refractivity contribution < 1.29 is 9.13 Å². The van der Waals surface area contributed by atoms with Crippen LogP contribution in [0.5, 0.6) is 0 Å². The van der Waals surface area contributed by atoms with E-state index in [1.54, 1.807) is 6.92 Å². The van der Waals surface area contributed by atoms with E-state index in [-0.39, 0.29) is 5.82 Å². The molecule has 1 N–H and O–H groups in total. The molecule has 0 aliphatic rings. The van der Waals surface area contributed by atoms with Gasteiger partial charge in [-0.1, -0.05) is 0 Å². The van der Waals surface area contributed by atoms with Gasteiger partial charge in [0, 0.05) is 13.2 Å². The number of aromatic nitrogens is 2. The van der Waals surface area contributed by atoms with E-state index in [0.29, 0.717) is 31.3 Å². The molecule has 0 aliphatic carbocycles. The smallest absolute Gasteiger partial charge is 0.186 e. The summed E-state index contributed by atoms with van der Waals surface area (Å²) in [6.07, 6.45) is 0. The lowest BCUT2D eigenvalue weighted by molar-refractivity contribution is 0.128. The summed E-state index contributed by atoms with van der Waals surface area (Å²) in [6.45, 7) is 6.93. The van der Waals surface area contributed by atoms with E-state index in [2.05, 4.69) is 15.3 Å². The van der Waals surface area contributed by atoms with Crippen LogP contribution in [-0.4, -0.2) is 23.1 Å². The van der Waals surface area contributed by atoms with Crippen molar-refractivity contribution in [1.82, 2.24) is 9.97 Å². The first-order chi connectivity index (χ1) is 7.19. The van der Waals surface area contributed by atoms with Crippen LogP contribution in [0.2, 0.25) is 0 Å².